The van der Waals surface area contributed by atoms with Crippen LogP contribution in [-0.4, -0.2) is 35.6 Å². The van der Waals surface area contributed by atoms with E-state index in [2.05, 4.69) is 28.2 Å². The summed E-state index contributed by atoms with van der Waals surface area (Å²) >= 11 is 0. The topological polar surface area (TPSA) is 52.0 Å². The van der Waals surface area contributed by atoms with Crippen molar-refractivity contribution in [1.29, 1.82) is 5.26 Å². The second-order valence-electron chi connectivity index (χ2n) is 4.78. The molecule has 1 unspecified atom stereocenters. The van der Waals surface area contributed by atoms with Crippen LogP contribution < -0.4 is 5.32 Å². The number of aromatic nitrogens is 1. The van der Waals surface area contributed by atoms with E-state index < -0.39 is 0 Å². The third-order valence-electron chi connectivity index (χ3n) is 3.39. The molecule has 0 radical (unpaired) electrons. The Bertz CT molecular complexity index is 418. The van der Waals surface area contributed by atoms with E-state index in [1.165, 1.54) is 12.0 Å². The standard InChI is InChI=1S/C14H20N4/c1-2-7-18(14-4-5-16-10-14)11-12-3-6-17-13(8-12)9-15/h3,6,8,14,16H,2,4-5,7,10-11H2,1H3. The minimum absolute atomic E-state index is 0.508. The number of hydrogen-bond donors (Lipinski definition) is 1. The Morgan fingerprint density at radius 2 is 2.50 bits per heavy atom. The first kappa shape index (κ1) is 13.0. The van der Waals surface area contributed by atoms with Crippen LogP contribution in [0, 0.1) is 11.3 Å². The first-order chi connectivity index (χ1) is 8.83. The van der Waals surface area contributed by atoms with Gasteiger partial charge in [-0.1, -0.05) is 6.92 Å². The number of hydrogen-bond acceptors (Lipinski definition) is 4. The molecule has 0 bridgehead atoms. The molecule has 18 heavy (non-hydrogen) atoms. The molecule has 4 nitrogen and oxygen atoms in total. The quantitative estimate of drug-likeness (QED) is 0.853. The highest BCUT2D eigenvalue weighted by Crippen LogP contribution is 2.14. The lowest BCUT2D eigenvalue weighted by molar-refractivity contribution is 0.199. The Hall–Kier alpha value is -1.44. The fraction of sp³-hybridized carbons (Fsp3) is 0.571. The molecule has 0 aliphatic carbocycles. The van der Waals surface area contributed by atoms with Crippen LogP contribution in [0.2, 0.25) is 0 Å². The molecule has 0 saturated carbocycles. The lowest BCUT2D eigenvalue weighted by Gasteiger charge is -2.28. The molecule has 2 rings (SSSR count). The van der Waals surface area contributed by atoms with Gasteiger partial charge >= 0.3 is 0 Å². The average Bonchev–Trinajstić information content (AvgIpc) is 2.92. The summed E-state index contributed by atoms with van der Waals surface area (Å²) in [5.41, 5.74) is 1.69. The van der Waals surface area contributed by atoms with Crippen LogP contribution in [0.15, 0.2) is 18.3 Å². The molecule has 1 saturated heterocycles. The van der Waals surface area contributed by atoms with Crippen LogP contribution in [0.25, 0.3) is 0 Å². The Balaban J connectivity index is 2.05. The highest BCUT2D eigenvalue weighted by atomic mass is 15.2. The van der Waals surface area contributed by atoms with Crippen LogP contribution >= 0.6 is 0 Å². The second kappa shape index (κ2) is 6.48. The number of rotatable bonds is 5. The van der Waals surface area contributed by atoms with Crippen LogP contribution in [-0.2, 0) is 6.54 Å². The molecular formula is C14H20N4. The molecule has 1 aliphatic heterocycles. The normalized spacial score (nSPS) is 19.1. The van der Waals surface area contributed by atoms with E-state index >= 15 is 0 Å². The van der Waals surface area contributed by atoms with Crippen molar-refractivity contribution in [3.8, 4) is 6.07 Å². The molecule has 0 spiro atoms. The molecule has 1 atom stereocenters. The molecular weight excluding hydrogens is 224 g/mol. The zero-order chi connectivity index (χ0) is 12.8. The van der Waals surface area contributed by atoms with Gasteiger partial charge in [-0.05, 0) is 43.6 Å². The molecule has 1 aromatic heterocycles. The van der Waals surface area contributed by atoms with Gasteiger partial charge in [-0.2, -0.15) is 5.26 Å². The summed E-state index contributed by atoms with van der Waals surface area (Å²) in [4.78, 5) is 6.53. The van der Waals surface area contributed by atoms with E-state index in [1.807, 2.05) is 12.1 Å². The number of pyridine rings is 1. The molecule has 1 fully saturated rings. The predicted molar refractivity (Wildman–Crippen MR) is 70.9 cm³/mol. The molecule has 4 heteroatoms. The van der Waals surface area contributed by atoms with Crippen molar-refractivity contribution in [2.75, 3.05) is 19.6 Å². The van der Waals surface area contributed by atoms with E-state index in [4.69, 9.17) is 5.26 Å². The van der Waals surface area contributed by atoms with E-state index in [1.54, 1.807) is 6.20 Å². The maximum atomic E-state index is 8.87. The van der Waals surface area contributed by atoms with Crippen molar-refractivity contribution in [3.05, 3.63) is 29.6 Å². The molecule has 1 aliphatic rings. The van der Waals surface area contributed by atoms with E-state index in [9.17, 15) is 0 Å². The average molecular weight is 244 g/mol. The minimum Gasteiger partial charge on any atom is -0.315 e. The third kappa shape index (κ3) is 3.28. The van der Waals surface area contributed by atoms with E-state index in [0.29, 0.717) is 11.7 Å². The van der Waals surface area contributed by atoms with E-state index in [0.717, 1.165) is 32.6 Å². The zero-order valence-corrected chi connectivity index (χ0v) is 10.9. The molecule has 0 aromatic carbocycles. The van der Waals surface area contributed by atoms with Gasteiger partial charge in [0.15, 0.2) is 0 Å². The molecule has 2 heterocycles. The Labute approximate surface area is 109 Å². The van der Waals surface area contributed by atoms with Crippen LogP contribution in [0.5, 0.6) is 0 Å². The fourth-order valence-corrected chi connectivity index (χ4v) is 2.50. The van der Waals surface area contributed by atoms with E-state index in [-0.39, 0.29) is 0 Å². The summed E-state index contributed by atoms with van der Waals surface area (Å²) in [5.74, 6) is 0. The van der Waals surface area contributed by atoms with Gasteiger partial charge < -0.3 is 5.32 Å². The number of nitrogens with zero attached hydrogens (tertiary/aromatic N) is 3. The summed E-state index contributed by atoms with van der Waals surface area (Å²) in [5, 5.41) is 12.3. The zero-order valence-electron chi connectivity index (χ0n) is 10.9. The highest BCUT2D eigenvalue weighted by molar-refractivity contribution is 5.25. The maximum absolute atomic E-state index is 8.87. The number of nitriles is 1. The fourth-order valence-electron chi connectivity index (χ4n) is 2.50. The summed E-state index contributed by atoms with van der Waals surface area (Å²) in [6.07, 6.45) is 4.10. The minimum atomic E-state index is 0.508. The summed E-state index contributed by atoms with van der Waals surface area (Å²) < 4.78 is 0. The Morgan fingerprint density at radius 1 is 1.61 bits per heavy atom. The maximum Gasteiger partial charge on any atom is 0.140 e. The molecule has 1 N–H and O–H groups in total. The smallest absolute Gasteiger partial charge is 0.140 e. The Kier molecular flexibility index (Phi) is 4.68. The SMILES string of the molecule is CCCN(Cc1ccnc(C#N)c1)C1CCNC1. The Morgan fingerprint density at radius 3 is 3.17 bits per heavy atom. The first-order valence-electron chi connectivity index (χ1n) is 6.63. The van der Waals surface area contributed by atoms with Crippen molar-refractivity contribution in [2.45, 2.75) is 32.4 Å². The van der Waals surface area contributed by atoms with Gasteiger partial charge in [0.25, 0.3) is 0 Å². The van der Waals surface area contributed by atoms with Gasteiger partial charge in [0.05, 0.1) is 0 Å². The van der Waals surface area contributed by atoms with Gasteiger partial charge in [0.1, 0.15) is 11.8 Å². The highest BCUT2D eigenvalue weighted by Gasteiger charge is 2.21. The monoisotopic (exact) mass is 244 g/mol. The summed E-state index contributed by atoms with van der Waals surface area (Å²) in [6, 6.07) is 6.63. The van der Waals surface area contributed by atoms with Crippen molar-refractivity contribution >= 4 is 0 Å². The van der Waals surface area contributed by atoms with Crippen molar-refractivity contribution in [3.63, 3.8) is 0 Å². The van der Waals surface area contributed by atoms with Crippen LogP contribution in [0.1, 0.15) is 31.0 Å². The lowest BCUT2D eigenvalue weighted by atomic mass is 10.1. The number of nitrogens with one attached hydrogen (secondary N) is 1. The van der Waals surface area contributed by atoms with Crippen LogP contribution in [0.4, 0.5) is 0 Å². The summed E-state index contributed by atoms with van der Waals surface area (Å²) in [7, 11) is 0. The van der Waals surface area contributed by atoms with Gasteiger partial charge in [0.2, 0.25) is 0 Å². The van der Waals surface area contributed by atoms with Crippen LogP contribution in [0.3, 0.4) is 0 Å². The largest absolute Gasteiger partial charge is 0.315 e. The second-order valence-corrected chi connectivity index (χ2v) is 4.78. The molecule has 0 amide bonds. The lowest BCUT2D eigenvalue weighted by Crippen LogP contribution is -2.36. The van der Waals surface area contributed by atoms with Gasteiger partial charge in [-0.15, -0.1) is 0 Å². The predicted octanol–water partition coefficient (Wildman–Crippen LogP) is 1.53. The van der Waals surface area contributed by atoms with Crippen molar-refractivity contribution < 1.29 is 0 Å². The van der Waals surface area contributed by atoms with Crippen molar-refractivity contribution in [2.24, 2.45) is 0 Å². The first-order valence-corrected chi connectivity index (χ1v) is 6.63. The third-order valence-corrected chi connectivity index (χ3v) is 3.39. The van der Waals surface area contributed by atoms with Gasteiger partial charge in [0, 0.05) is 25.3 Å². The van der Waals surface area contributed by atoms with Gasteiger partial charge in [-0.3, -0.25) is 4.90 Å². The van der Waals surface area contributed by atoms with Gasteiger partial charge in [-0.25, -0.2) is 4.98 Å². The molecule has 96 valence electrons. The summed E-state index contributed by atoms with van der Waals surface area (Å²) in [6.45, 7) is 6.43. The molecule has 1 aromatic rings. The van der Waals surface area contributed by atoms with Crippen molar-refractivity contribution in [1.82, 2.24) is 15.2 Å².